The van der Waals surface area contributed by atoms with Crippen LogP contribution in [0.4, 0.5) is 0 Å². The van der Waals surface area contributed by atoms with Gasteiger partial charge in [-0.05, 0) is 25.7 Å². The lowest BCUT2D eigenvalue weighted by Gasteiger charge is -2.10. The molecule has 0 aliphatic heterocycles. The summed E-state index contributed by atoms with van der Waals surface area (Å²) in [6.45, 7) is 2.29. The molecule has 0 aromatic heterocycles. The third-order valence-corrected chi connectivity index (χ3v) is 1.93. The minimum absolute atomic E-state index is 0.154. The summed E-state index contributed by atoms with van der Waals surface area (Å²) in [5, 5.41) is 0. The largest absolute Gasteiger partial charge is 0.463 e. The van der Waals surface area contributed by atoms with Crippen LogP contribution < -0.4 is 0 Å². The molecule has 3 nitrogen and oxygen atoms in total. The molecule has 0 bridgehead atoms. The molecule has 0 heterocycles. The van der Waals surface area contributed by atoms with Gasteiger partial charge in [-0.2, -0.15) is 0 Å². The maximum Gasteiger partial charge on any atom is 0.335 e. The molecule has 1 aliphatic rings. The molecule has 0 amide bonds. The molecular formula is C10H17NO2. The molecule has 0 radical (unpaired) electrons. The predicted octanol–water partition coefficient (Wildman–Crippen LogP) is 1.41. The monoisotopic (exact) mass is 183 g/mol. The van der Waals surface area contributed by atoms with Gasteiger partial charge in [-0.1, -0.05) is 0 Å². The van der Waals surface area contributed by atoms with Crippen molar-refractivity contribution in [3.63, 3.8) is 0 Å². The van der Waals surface area contributed by atoms with Gasteiger partial charge in [-0.3, -0.25) is 0 Å². The lowest BCUT2D eigenvalue weighted by molar-refractivity contribution is -0.138. The number of rotatable bonds is 4. The lowest BCUT2D eigenvalue weighted by Crippen LogP contribution is -2.13. The van der Waals surface area contributed by atoms with Gasteiger partial charge in [-0.25, -0.2) is 4.79 Å². The molecule has 74 valence electrons. The van der Waals surface area contributed by atoms with E-state index < -0.39 is 0 Å². The number of carbonyl (C=O) groups excluding carboxylic acids is 1. The summed E-state index contributed by atoms with van der Waals surface area (Å²) in [7, 11) is 3.84. The van der Waals surface area contributed by atoms with Gasteiger partial charge in [0.25, 0.3) is 0 Å². The van der Waals surface area contributed by atoms with Crippen molar-refractivity contribution >= 4 is 5.97 Å². The topological polar surface area (TPSA) is 29.5 Å². The smallest absolute Gasteiger partial charge is 0.335 e. The SMILES string of the molecule is CCOC(=O)C(=CN(C)C)C1CC1. The normalized spacial score (nSPS) is 17.0. The van der Waals surface area contributed by atoms with Gasteiger partial charge in [0.05, 0.1) is 12.2 Å². The standard InChI is InChI=1S/C10H17NO2/c1-4-13-10(12)9(7-11(2)3)8-5-6-8/h7-8H,4-6H2,1-3H3. The zero-order valence-electron chi connectivity index (χ0n) is 8.54. The van der Waals surface area contributed by atoms with Gasteiger partial charge in [0.2, 0.25) is 0 Å². The van der Waals surface area contributed by atoms with E-state index in [0.29, 0.717) is 12.5 Å². The van der Waals surface area contributed by atoms with Crippen molar-refractivity contribution in [3.8, 4) is 0 Å². The molecular weight excluding hydrogens is 166 g/mol. The lowest BCUT2D eigenvalue weighted by atomic mass is 10.2. The fourth-order valence-corrected chi connectivity index (χ4v) is 1.21. The number of nitrogens with zero attached hydrogens (tertiary/aromatic N) is 1. The molecule has 0 aromatic rings. The Kier molecular flexibility index (Phi) is 3.34. The molecule has 0 N–H and O–H groups in total. The van der Waals surface area contributed by atoms with Crippen molar-refractivity contribution in [1.82, 2.24) is 4.90 Å². The Balaban J connectivity index is 2.61. The van der Waals surface area contributed by atoms with Crippen molar-refractivity contribution in [1.29, 1.82) is 0 Å². The Morgan fingerprint density at radius 1 is 1.54 bits per heavy atom. The Hall–Kier alpha value is -0.990. The molecule has 0 aromatic carbocycles. The van der Waals surface area contributed by atoms with Crippen LogP contribution in [0.5, 0.6) is 0 Å². The zero-order valence-corrected chi connectivity index (χ0v) is 8.54. The van der Waals surface area contributed by atoms with Crippen molar-refractivity contribution in [2.45, 2.75) is 19.8 Å². The molecule has 1 aliphatic carbocycles. The summed E-state index contributed by atoms with van der Waals surface area (Å²) in [6.07, 6.45) is 4.12. The first-order valence-corrected chi connectivity index (χ1v) is 4.70. The van der Waals surface area contributed by atoms with E-state index >= 15 is 0 Å². The number of esters is 1. The van der Waals surface area contributed by atoms with Gasteiger partial charge in [0, 0.05) is 20.3 Å². The number of carbonyl (C=O) groups is 1. The van der Waals surface area contributed by atoms with Gasteiger partial charge < -0.3 is 9.64 Å². The average Bonchev–Trinajstić information content (AvgIpc) is 2.82. The molecule has 13 heavy (non-hydrogen) atoms. The highest BCUT2D eigenvalue weighted by Crippen LogP contribution is 2.37. The minimum Gasteiger partial charge on any atom is -0.463 e. The summed E-state index contributed by atoms with van der Waals surface area (Å²) in [5.74, 6) is 0.292. The van der Waals surface area contributed by atoms with Crippen LogP contribution in [-0.4, -0.2) is 31.6 Å². The number of hydrogen-bond acceptors (Lipinski definition) is 3. The molecule has 1 fully saturated rings. The highest BCUT2D eigenvalue weighted by atomic mass is 16.5. The van der Waals surface area contributed by atoms with Crippen LogP contribution >= 0.6 is 0 Å². The van der Waals surface area contributed by atoms with E-state index in [9.17, 15) is 4.79 Å². The predicted molar refractivity (Wildman–Crippen MR) is 51.1 cm³/mol. The number of hydrogen-bond donors (Lipinski definition) is 0. The van der Waals surface area contributed by atoms with Crippen molar-refractivity contribution in [2.24, 2.45) is 5.92 Å². The van der Waals surface area contributed by atoms with Crippen LogP contribution in [0, 0.1) is 5.92 Å². The van der Waals surface area contributed by atoms with Crippen LogP contribution in [0.15, 0.2) is 11.8 Å². The van der Waals surface area contributed by atoms with E-state index in [1.807, 2.05) is 32.1 Å². The van der Waals surface area contributed by atoms with Gasteiger partial charge in [-0.15, -0.1) is 0 Å². The molecule has 0 spiro atoms. The minimum atomic E-state index is -0.154. The maximum atomic E-state index is 11.4. The van der Waals surface area contributed by atoms with E-state index in [1.54, 1.807) is 0 Å². The molecule has 1 rings (SSSR count). The first-order valence-electron chi connectivity index (χ1n) is 4.70. The van der Waals surface area contributed by atoms with Gasteiger partial charge in [0.1, 0.15) is 0 Å². The molecule has 0 saturated heterocycles. The van der Waals surface area contributed by atoms with Crippen molar-refractivity contribution in [2.75, 3.05) is 20.7 Å². The molecule has 0 atom stereocenters. The molecule has 0 unspecified atom stereocenters. The van der Waals surface area contributed by atoms with E-state index in [0.717, 1.165) is 18.4 Å². The highest BCUT2D eigenvalue weighted by molar-refractivity contribution is 5.89. The van der Waals surface area contributed by atoms with Crippen LogP contribution in [0.25, 0.3) is 0 Å². The van der Waals surface area contributed by atoms with Crippen LogP contribution in [0.3, 0.4) is 0 Å². The highest BCUT2D eigenvalue weighted by Gasteiger charge is 2.31. The summed E-state index contributed by atoms with van der Waals surface area (Å²) < 4.78 is 4.97. The van der Waals surface area contributed by atoms with E-state index in [2.05, 4.69) is 0 Å². The zero-order chi connectivity index (χ0) is 9.84. The Morgan fingerprint density at radius 3 is 2.54 bits per heavy atom. The summed E-state index contributed by atoms with van der Waals surface area (Å²) in [4.78, 5) is 13.3. The average molecular weight is 183 g/mol. The van der Waals surface area contributed by atoms with Gasteiger partial charge >= 0.3 is 5.97 Å². The van der Waals surface area contributed by atoms with Crippen molar-refractivity contribution < 1.29 is 9.53 Å². The summed E-state index contributed by atoms with van der Waals surface area (Å²) >= 11 is 0. The molecule has 3 heteroatoms. The Labute approximate surface area is 79.4 Å². The van der Waals surface area contributed by atoms with E-state index in [4.69, 9.17) is 4.74 Å². The van der Waals surface area contributed by atoms with Crippen LogP contribution in [0.1, 0.15) is 19.8 Å². The second-order valence-electron chi connectivity index (χ2n) is 3.54. The maximum absolute atomic E-state index is 11.4. The quantitative estimate of drug-likeness (QED) is 0.487. The van der Waals surface area contributed by atoms with Gasteiger partial charge in [0.15, 0.2) is 0 Å². The van der Waals surface area contributed by atoms with E-state index in [-0.39, 0.29) is 5.97 Å². The second kappa shape index (κ2) is 4.30. The number of ether oxygens (including phenoxy) is 1. The Bertz CT molecular complexity index is 217. The first kappa shape index (κ1) is 10.1. The Morgan fingerprint density at radius 2 is 2.15 bits per heavy atom. The van der Waals surface area contributed by atoms with Crippen molar-refractivity contribution in [3.05, 3.63) is 11.8 Å². The third kappa shape index (κ3) is 3.09. The van der Waals surface area contributed by atoms with Crippen LogP contribution in [-0.2, 0) is 9.53 Å². The summed E-state index contributed by atoms with van der Waals surface area (Å²) in [5.41, 5.74) is 0.826. The summed E-state index contributed by atoms with van der Waals surface area (Å²) in [6, 6.07) is 0. The van der Waals surface area contributed by atoms with Crippen LogP contribution in [0.2, 0.25) is 0 Å². The molecule has 1 saturated carbocycles. The van der Waals surface area contributed by atoms with E-state index in [1.165, 1.54) is 0 Å². The fourth-order valence-electron chi connectivity index (χ4n) is 1.21. The second-order valence-corrected chi connectivity index (χ2v) is 3.54. The third-order valence-electron chi connectivity index (χ3n) is 1.93. The fraction of sp³-hybridized carbons (Fsp3) is 0.700. The first-order chi connectivity index (χ1) is 6.15.